The van der Waals surface area contributed by atoms with Crippen molar-refractivity contribution in [3.05, 3.63) is 27.7 Å². The second kappa shape index (κ2) is 4.89. The van der Waals surface area contributed by atoms with Gasteiger partial charge in [-0.2, -0.15) is 0 Å². The first-order valence-electron chi connectivity index (χ1n) is 4.41. The Hall–Kier alpha value is -0.330. The van der Waals surface area contributed by atoms with Gasteiger partial charge in [0.1, 0.15) is 4.90 Å². The zero-order valence-electron chi connectivity index (χ0n) is 8.87. The molecule has 0 fully saturated rings. The average molecular weight is 283 g/mol. The molecule has 16 heavy (non-hydrogen) atoms. The lowest BCUT2D eigenvalue weighted by Gasteiger charge is -2.14. The summed E-state index contributed by atoms with van der Waals surface area (Å²) < 4.78 is 24.9. The lowest BCUT2D eigenvalue weighted by atomic mass is 10.2. The van der Waals surface area contributed by atoms with E-state index in [-0.39, 0.29) is 16.5 Å². The molecule has 7 heteroatoms. The first-order valence-corrected chi connectivity index (χ1v) is 6.60. The predicted octanol–water partition coefficient (Wildman–Crippen LogP) is 1.70. The van der Waals surface area contributed by atoms with Crippen molar-refractivity contribution in [1.82, 2.24) is 4.31 Å². The Morgan fingerprint density at radius 3 is 2.31 bits per heavy atom. The normalized spacial score (nSPS) is 12.1. The van der Waals surface area contributed by atoms with Gasteiger partial charge in [0.25, 0.3) is 0 Å². The second-order valence-corrected chi connectivity index (χ2v) is 6.30. The van der Waals surface area contributed by atoms with E-state index in [1.807, 2.05) is 0 Å². The van der Waals surface area contributed by atoms with Crippen molar-refractivity contribution in [3.8, 4) is 0 Å². The summed E-state index contributed by atoms with van der Waals surface area (Å²) in [5.74, 6) is 0. The first-order chi connectivity index (χ1) is 7.30. The minimum absolute atomic E-state index is 0.0212. The molecular formula is C9H12Cl2N2O2S. The van der Waals surface area contributed by atoms with Crippen LogP contribution in [0, 0.1) is 0 Å². The lowest BCUT2D eigenvalue weighted by molar-refractivity contribution is 0.520. The molecule has 0 unspecified atom stereocenters. The molecule has 0 aliphatic heterocycles. The maximum Gasteiger partial charge on any atom is 0.244 e. The average Bonchev–Trinajstić information content (AvgIpc) is 2.20. The maximum absolute atomic E-state index is 11.9. The topological polar surface area (TPSA) is 63.4 Å². The van der Waals surface area contributed by atoms with Crippen LogP contribution in [0.5, 0.6) is 0 Å². The van der Waals surface area contributed by atoms with E-state index in [1.54, 1.807) is 6.07 Å². The van der Waals surface area contributed by atoms with Gasteiger partial charge >= 0.3 is 0 Å². The second-order valence-electron chi connectivity index (χ2n) is 3.37. The summed E-state index contributed by atoms with van der Waals surface area (Å²) in [6.07, 6.45) is 0. The zero-order valence-corrected chi connectivity index (χ0v) is 11.2. The third-order valence-electron chi connectivity index (χ3n) is 2.06. The molecule has 1 aromatic carbocycles. The molecule has 0 aromatic heterocycles. The van der Waals surface area contributed by atoms with E-state index in [4.69, 9.17) is 28.9 Å². The van der Waals surface area contributed by atoms with Gasteiger partial charge in [-0.15, -0.1) is 0 Å². The molecule has 0 radical (unpaired) electrons. The van der Waals surface area contributed by atoms with Gasteiger partial charge in [0.2, 0.25) is 10.0 Å². The van der Waals surface area contributed by atoms with Crippen LogP contribution in [0.15, 0.2) is 17.0 Å². The highest BCUT2D eigenvalue weighted by Gasteiger charge is 2.22. The van der Waals surface area contributed by atoms with E-state index in [1.165, 1.54) is 20.2 Å². The molecule has 1 rings (SSSR count). The number of nitrogens with two attached hydrogens (primary N) is 1. The minimum Gasteiger partial charge on any atom is -0.326 e. The predicted molar refractivity (Wildman–Crippen MR) is 65.2 cm³/mol. The number of hydrogen-bond donors (Lipinski definition) is 1. The van der Waals surface area contributed by atoms with Crippen LogP contribution >= 0.6 is 23.2 Å². The summed E-state index contributed by atoms with van der Waals surface area (Å²) in [6, 6.07) is 2.87. The molecule has 0 spiro atoms. The Balaban J connectivity index is 3.52. The number of rotatable bonds is 3. The molecule has 90 valence electrons. The monoisotopic (exact) mass is 282 g/mol. The fourth-order valence-electron chi connectivity index (χ4n) is 1.15. The Kier molecular flexibility index (Phi) is 4.20. The van der Waals surface area contributed by atoms with Crippen molar-refractivity contribution >= 4 is 33.2 Å². The van der Waals surface area contributed by atoms with Crippen LogP contribution in [0.2, 0.25) is 10.0 Å². The van der Waals surface area contributed by atoms with Crippen LogP contribution in [-0.2, 0) is 16.6 Å². The number of nitrogens with zero attached hydrogens (tertiary/aromatic N) is 1. The maximum atomic E-state index is 11.9. The Morgan fingerprint density at radius 2 is 1.88 bits per heavy atom. The van der Waals surface area contributed by atoms with Crippen LogP contribution in [0.3, 0.4) is 0 Å². The van der Waals surface area contributed by atoms with Gasteiger partial charge in [-0.25, -0.2) is 12.7 Å². The largest absolute Gasteiger partial charge is 0.326 e. The van der Waals surface area contributed by atoms with Gasteiger partial charge in [0.15, 0.2) is 0 Å². The van der Waals surface area contributed by atoms with Gasteiger partial charge in [-0.05, 0) is 17.7 Å². The molecule has 0 aliphatic rings. The van der Waals surface area contributed by atoms with Crippen LogP contribution in [0.4, 0.5) is 0 Å². The van der Waals surface area contributed by atoms with Crippen molar-refractivity contribution in [1.29, 1.82) is 0 Å². The SMILES string of the molecule is CN(C)S(=O)(=O)c1cc(Cl)cc(CN)c1Cl. The fourth-order valence-corrected chi connectivity index (χ4v) is 2.96. The number of benzene rings is 1. The summed E-state index contributed by atoms with van der Waals surface area (Å²) in [5, 5.41) is 0.422. The van der Waals surface area contributed by atoms with Crippen LogP contribution in [0.1, 0.15) is 5.56 Å². The number of halogens is 2. The van der Waals surface area contributed by atoms with Crippen molar-refractivity contribution in [3.63, 3.8) is 0 Å². The Bertz CT molecular complexity index is 500. The van der Waals surface area contributed by atoms with Crippen molar-refractivity contribution in [2.45, 2.75) is 11.4 Å². The number of hydrogen-bond acceptors (Lipinski definition) is 3. The van der Waals surface area contributed by atoms with Gasteiger partial charge in [0.05, 0.1) is 5.02 Å². The van der Waals surface area contributed by atoms with Gasteiger partial charge in [-0.3, -0.25) is 0 Å². The summed E-state index contributed by atoms with van der Waals surface area (Å²) >= 11 is 11.8. The Morgan fingerprint density at radius 1 is 1.31 bits per heavy atom. The zero-order chi connectivity index (χ0) is 12.5. The van der Waals surface area contributed by atoms with Crippen LogP contribution in [0.25, 0.3) is 0 Å². The molecular weight excluding hydrogens is 271 g/mol. The van der Waals surface area contributed by atoms with Crippen LogP contribution in [-0.4, -0.2) is 26.8 Å². The molecule has 0 atom stereocenters. The Labute approximate surface area is 105 Å². The molecule has 1 aromatic rings. The molecule has 2 N–H and O–H groups in total. The van der Waals surface area contributed by atoms with E-state index in [0.717, 1.165) is 4.31 Å². The molecule has 0 amide bonds. The third-order valence-corrected chi connectivity index (χ3v) is 4.67. The van der Waals surface area contributed by atoms with E-state index >= 15 is 0 Å². The summed E-state index contributed by atoms with van der Waals surface area (Å²) in [6.45, 7) is 0.134. The third kappa shape index (κ3) is 2.49. The molecule has 0 aliphatic carbocycles. The first kappa shape index (κ1) is 13.7. The quantitative estimate of drug-likeness (QED) is 0.918. The van der Waals surface area contributed by atoms with Gasteiger partial charge < -0.3 is 5.73 Å². The van der Waals surface area contributed by atoms with E-state index in [9.17, 15) is 8.42 Å². The van der Waals surface area contributed by atoms with Gasteiger partial charge in [-0.1, -0.05) is 23.2 Å². The molecule has 0 saturated carbocycles. The molecule has 0 saturated heterocycles. The smallest absolute Gasteiger partial charge is 0.244 e. The van der Waals surface area contributed by atoms with Crippen molar-refractivity contribution < 1.29 is 8.42 Å². The minimum atomic E-state index is -3.60. The summed E-state index contributed by atoms with van der Waals surface area (Å²) in [4.78, 5) is -0.0212. The molecule has 0 bridgehead atoms. The van der Waals surface area contributed by atoms with Crippen molar-refractivity contribution in [2.24, 2.45) is 5.73 Å². The van der Waals surface area contributed by atoms with E-state index in [2.05, 4.69) is 0 Å². The highest BCUT2D eigenvalue weighted by atomic mass is 35.5. The standard InChI is InChI=1S/C9H12Cl2N2O2S/c1-13(2)16(14,15)8-4-7(10)3-6(5-12)9(8)11/h3-4H,5,12H2,1-2H3. The lowest BCUT2D eigenvalue weighted by Crippen LogP contribution is -2.23. The fraction of sp³-hybridized carbons (Fsp3) is 0.333. The summed E-state index contributed by atoms with van der Waals surface area (Å²) in [5.41, 5.74) is 5.97. The van der Waals surface area contributed by atoms with Gasteiger partial charge in [0, 0.05) is 25.7 Å². The number of sulfonamides is 1. The summed E-state index contributed by atoms with van der Waals surface area (Å²) in [7, 11) is -0.751. The highest BCUT2D eigenvalue weighted by molar-refractivity contribution is 7.89. The molecule has 0 heterocycles. The molecule has 4 nitrogen and oxygen atoms in total. The van der Waals surface area contributed by atoms with E-state index in [0.29, 0.717) is 10.6 Å². The highest BCUT2D eigenvalue weighted by Crippen LogP contribution is 2.30. The van der Waals surface area contributed by atoms with Crippen molar-refractivity contribution in [2.75, 3.05) is 14.1 Å². The van der Waals surface area contributed by atoms with Crippen LogP contribution < -0.4 is 5.73 Å². The van der Waals surface area contributed by atoms with E-state index < -0.39 is 10.0 Å².